The van der Waals surface area contributed by atoms with Gasteiger partial charge in [0.05, 0.1) is 25.2 Å². The van der Waals surface area contributed by atoms with Crippen LogP contribution in [0.4, 0.5) is 0 Å². The minimum Gasteiger partial charge on any atom is -0.497 e. The molecule has 30 heavy (non-hydrogen) atoms. The molecule has 2 aromatic carbocycles. The number of aromatic carboxylic acids is 1. The Kier molecular flexibility index (Phi) is 4.88. The van der Waals surface area contributed by atoms with Gasteiger partial charge in [-0.05, 0) is 18.2 Å². The second kappa shape index (κ2) is 7.66. The number of carbonyl (C=O) groups is 1. The monoisotopic (exact) mass is 408 g/mol. The molecule has 0 aliphatic heterocycles. The quantitative estimate of drug-likeness (QED) is 0.510. The lowest BCUT2D eigenvalue weighted by molar-refractivity contribution is 0.0690. The largest absolute Gasteiger partial charge is 0.497 e. The van der Waals surface area contributed by atoms with Crippen molar-refractivity contribution in [3.8, 4) is 22.9 Å². The molecule has 0 spiro atoms. The van der Waals surface area contributed by atoms with Gasteiger partial charge in [0, 0.05) is 11.5 Å². The molecule has 0 aliphatic carbocycles. The average Bonchev–Trinajstić information content (AvgIpc) is 3.23. The van der Waals surface area contributed by atoms with E-state index < -0.39 is 11.5 Å². The van der Waals surface area contributed by atoms with Crippen molar-refractivity contribution < 1.29 is 23.9 Å². The van der Waals surface area contributed by atoms with Crippen molar-refractivity contribution in [3.63, 3.8) is 0 Å². The van der Waals surface area contributed by atoms with Crippen LogP contribution >= 0.6 is 0 Å². The molecule has 0 atom stereocenters. The normalized spacial score (nSPS) is 10.9. The van der Waals surface area contributed by atoms with Crippen molar-refractivity contribution in [2.45, 2.75) is 6.54 Å². The van der Waals surface area contributed by atoms with Gasteiger partial charge in [0.1, 0.15) is 18.0 Å². The molecule has 2 heterocycles. The van der Waals surface area contributed by atoms with E-state index in [4.69, 9.17) is 14.0 Å². The van der Waals surface area contributed by atoms with Crippen LogP contribution in [-0.2, 0) is 6.54 Å². The van der Waals surface area contributed by atoms with Gasteiger partial charge in [-0.2, -0.15) is 10.1 Å². The van der Waals surface area contributed by atoms with Crippen LogP contribution in [0.3, 0.4) is 0 Å². The van der Waals surface area contributed by atoms with Crippen LogP contribution in [0.2, 0.25) is 0 Å². The number of fused-ring (bicyclic) bond motifs is 1. The first kappa shape index (κ1) is 19.1. The van der Waals surface area contributed by atoms with Crippen LogP contribution in [0.15, 0.2) is 51.8 Å². The fraction of sp³-hybridized carbons (Fsp3) is 0.150. The highest BCUT2D eigenvalue weighted by Crippen LogP contribution is 2.31. The van der Waals surface area contributed by atoms with E-state index in [0.29, 0.717) is 17.1 Å². The molecule has 0 amide bonds. The van der Waals surface area contributed by atoms with Gasteiger partial charge in [-0.25, -0.2) is 9.48 Å². The van der Waals surface area contributed by atoms with Crippen molar-refractivity contribution in [1.29, 1.82) is 0 Å². The molecule has 0 bridgehead atoms. The molecule has 0 fully saturated rings. The highest BCUT2D eigenvalue weighted by Gasteiger charge is 2.19. The summed E-state index contributed by atoms with van der Waals surface area (Å²) in [4.78, 5) is 28.6. The van der Waals surface area contributed by atoms with E-state index in [1.165, 1.54) is 13.2 Å². The highest BCUT2D eigenvalue weighted by atomic mass is 16.5. The van der Waals surface area contributed by atoms with Gasteiger partial charge in [0.2, 0.25) is 11.7 Å². The molecule has 152 valence electrons. The Morgan fingerprint density at radius 2 is 1.90 bits per heavy atom. The Labute approximate surface area is 169 Å². The molecule has 2 aromatic heterocycles. The number of carboxylic acids is 1. The van der Waals surface area contributed by atoms with Crippen molar-refractivity contribution in [3.05, 3.63) is 64.4 Å². The summed E-state index contributed by atoms with van der Waals surface area (Å²) < 4.78 is 16.8. The Hall–Kier alpha value is -4.21. The summed E-state index contributed by atoms with van der Waals surface area (Å²) in [5.41, 5.74) is -0.127. The lowest BCUT2D eigenvalue weighted by Crippen LogP contribution is -2.26. The Morgan fingerprint density at radius 3 is 2.60 bits per heavy atom. The van der Waals surface area contributed by atoms with Crippen molar-refractivity contribution in [1.82, 2.24) is 19.9 Å². The number of benzene rings is 2. The maximum Gasteiger partial charge on any atom is 0.357 e. The summed E-state index contributed by atoms with van der Waals surface area (Å²) in [6.45, 7) is -0.185. The zero-order valence-electron chi connectivity index (χ0n) is 16.0. The number of nitrogens with zero attached hydrogens (tertiary/aromatic N) is 4. The van der Waals surface area contributed by atoms with Crippen LogP contribution in [0, 0.1) is 0 Å². The van der Waals surface area contributed by atoms with E-state index in [9.17, 15) is 14.7 Å². The van der Waals surface area contributed by atoms with E-state index in [2.05, 4.69) is 15.2 Å². The molecule has 0 aliphatic rings. The third-order valence-corrected chi connectivity index (χ3v) is 4.47. The standard InChI is InChI=1S/C20H16N4O6/c1-28-11-7-8-14(15(9-11)29-2)18-21-16(30-23-18)10-24-19(25)13-6-4-3-5-12(13)17(22-24)20(26)27/h3-9H,10H2,1-2H3,(H,26,27). The number of rotatable bonds is 6. The maximum atomic E-state index is 12.7. The smallest absolute Gasteiger partial charge is 0.357 e. The van der Waals surface area contributed by atoms with Crippen molar-refractivity contribution in [2.24, 2.45) is 0 Å². The lowest BCUT2D eigenvalue weighted by Gasteiger charge is -2.07. The molecule has 10 nitrogen and oxygen atoms in total. The predicted octanol–water partition coefficient (Wildman–Crippen LogP) is 2.21. The molecule has 0 unspecified atom stereocenters. The average molecular weight is 408 g/mol. The Bertz CT molecular complexity index is 1310. The zero-order chi connectivity index (χ0) is 21.3. The van der Waals surface area contributed by atoms with Gasteiger partial charge in [0.15, 0.2) is 5.69 Å². The molecule has 0 saturated heterocycles. The first-order valence-corrected chi connectivity index (χ1v) is 8.80. The van der Waals surface area contributed by atoms with E-state index in [1.807, 2.05) is 0 Å². The van der Waals surface area contributed by atoms with Crippen molar-refractivity contribution in [2.75, 3.05) is 14.2 Å². The molecule has 4 aromatic rings. The lowest BCUT2D eigenvalue weighted by atomic mass is 10.1. The minimum absolute atomic E-state index is 0.0871. The topological polar surface area (TPSA) is 130 Å². The fourth-order valence-corrected chi connectivity index (χ4v) is 3.04. The third-order valence-electron chi connectivity index (χ3n) is 4.47. The predicted molar refractivity (Wildman–Crippen MR) is 105 cm³/mol. The summed E-state index contributed by atoms with van der Waals surface area (Å²) >= 11 is 0. The molecule has 4 rings (SSSR count). The molecule has 0 radical (unpaired) electrons. The van der Waals surface area contributed by atoms with Gasteiger partial charge in [0.25, 0.3) is 5.56 Å². The zero-order valence-corrected chi connectivity index (χ0v) is 16.0. The molecular formula is C20H16N4O6. The molecular weight excluding hydrogens is 392 g/mol. The Morgan fingerprint density at radius 1 is 1.13 bits per heavy atom. The number of methoxy groups -OCH3 is 2. The number of hydrogen-bond donors (Lipinski definition) is 1. The number of carboxylic acid groups (broad SMARTS) is 1. The van der Waals surface area contributed by atoms with Crippen LogP contribution in [0.1, 0.15) is 16.4 Å². The summed E-state index contributed by atoms with van der Waals surface area (Å²) in [5, 5.41) is 17.9. The molecule has 10 heteroatoms. The van der Waals surface area contributed by atoms with Crippen molar-refractivity contribution >= 4 is 16.7 Å². The summed E-state index contributed by atoms with van der Waals surface area (Å²) in [5.74, 6) is 0.179. The summed E-state index contributed by atoms with van der Waals surface area (Å²) in [6, 6.07) is 11.5. The number of ether oxygens (including phenoxy) is 2. The van der Waals surface area contributed by atoms with Gasteiger partial charge in [-0.3, -0.25) is 4.79 Å². The van der Waals surface area contributed by atoms with E-state index in [0.717, 1.165) is 4.68 Å². The van der Waals surface area contributed by atoms with E-state index in [-0.39, 0.29) is 34.7 Å². The van der Waals surface area contributed by atoms with Gasteiger partial charge in [-0.15, -0.1) is 0 Å². The Balaban J connectivity index is 1.73. The summed E-state index contributed by atoms with van der Waals surface area (Å²) in [7, 11) is 3.05. The number of aromatic nitrogens is 4. The van der Waals surface area contributed by atoms with Crippen LogP contribution in [-0.4, -0.2) is 45.2 Å². The fourth-order valence-electron chi connectivity index (χ4n) is 3.04. The molecule has 0 saturated carbocycles. The van der Waals surface area contributed by atoms with E-state index in [1.54, 1.807) is 43.5 Å². The minimum atomic E-state index is -1.24. The summed E-state index contributed by atoms with van der Waals surface area (Å²) in [6.07, 6.45) is 0. The van der Waals surface area contributed by atoms with Crippen LogP contribution in [0.5, 0.6) is 11.5 Å². The maximum absolute atomic E-state index is 12.7. The first-order valence-electron chi connectivity index (χ1n) is 8.80. The van der Waals surface area contributed by atoms with Gasteiger partial charge in [-0.1, -0.05) is 23.4 Å². The van der Waals surface area contributed by atoms with E-state index >= 15 is 0 Å². The molecule has 1 N–H and O–H groups in total. The van der Waals surface area contributed by atoms with Crippen LogP contribution in [0.25, 0.3) is 22.2 Å². The first-order chi connectivity index (χ1) is 14.5. The van der Waals surface area contributed by atoms with Gasteiger partial charge < -0.3 is 19.1 Å². The second-order valence-corrected chi connectivity index (χ2v) is 6.24. The second-order valence-electron chi connectivity index (χ2n) is 6.24. The number of hydrogen-bond acceptors (Lipinski definition) is 8. The van der Waals surface area contributed by atoms with Gasteiger partial charge >= 0.3 is 5.97 Å². The third kappa shape index (κ3) is 3.34. The van der Waals surface area contributed by atoms with Crippen LogP contribution < -0.4 is 15.0 Å². The highest BCUT2D eigenvalue weighted by molar-refractivity contribution is 6.01. The SMILES string of the molecule is COc1ccc(-c2noc(Cn3nc(C(=O)O)c4ccccc4c3=O)n2)c(OC)c1.